The lowest BCUT2D eigenvalue weighted by molar-refractivity contribution is -0.122. The molecular weight excluding hydrogens is 460 g/mol. The first-order valence-corrected chi connectivity index (χ1v) is 9.62. The Morgan fingerprint density at radius 2 is 1.76 bits per heavy atom. The predicted molar refractivity (Wildman–Crippen MR) is 112 cm³/mol. The van der Waals surface area contributed by atoms with Gasteiger partial charge in [0.05, 0.1) is 5.69 Å². The number of nitrogens with one attached hydrogen (secondary N) is 1. The number of hydrogen-bond donors (Lipinski definition) is 1. The van der Waals surface area contributed by atoms with Crippen molar-refractivity contribution in [2.75, 3.05) is 4.90 Å². The van der Waals surface area contributed by atoms with Gasteiger partial charge in [0, 0.05) is 15.1 Å². The van der Waals surface area contributed by atoms with Crippen LogP contribution in [0, 0.1) is 0 Å². The van der Waals surface area contributed by atoms with Crippen LogP contribution in [-0.2, 0) is 9.59 Å². The number of barbiturate groups is 1. The summed E-state index contributed by atoms with van der Waals surface area (Å²) in [6.45, 7) is 0. The molecule has 144 valence electrons. The van der Waals surface area contributed by atoms with Crippen LogP contribution in [0.15, 0.2) is 75.1 Å². The van der Waals surface area contributed by atoms with E-state index in [9.17, 15) is 14.4 Å². The third-order valence-electron chi connectivity index (χ3n) is 4.21. The van der Waals surface area contributed by atoms with Crippen LogP contribution in [-0.4, -0.2) is 17.8 Å². The van der Waals surface area contributed by atoms with Crippen LogP contribution < -0.4 is 10.2 Å². The van der Waals surface area contributed by atoms with E-state index in [1.165, 1.54) is 6.08 Å². The SMILES string of the molecule is O=C1NC(=O)N(c2ccc(Br)cc2)C(=O)C1=Cc1ccc(-c2cccc(Cl)c2)o1. The molecule has 0 radical (unpaired) electrons. The van der Waals surface area contributed by atoms with Crippen molar-refractivity contribution in [2.45, 2.75) is 0 Å². The smallest absolute Gasteiger partial charge is 0.335 e. The third-order valence-corrected chi connectivity index (χ3v) is 4.97. The lowest BCUT2D eigenvalue weighted by Gasteiger charge is -2.26. The van der Waals surface area contributed by atoms with Gasteiger partial charge in [0.25, 0.3) is 11.8 Å². The van der Waals surface area contributed by atoms with Gasteiger partial charge in [0.2, 0.25) is 0 Å². The molecule has 1 saturated heterocycles. The summed E-state index contributed by atoms with van der Waals surface area (Å²) in [6.07, 6.45) is 1.31. The lowest BCUT2D eigenvalue weighted by atomic mass is 10.1. The number of imide groups is 2. The van der Waals surface area contributed by atoms with Gasteiger partial charge >= 0.3 is 6.03 Å². The second kappa shape index (κ2) is 7.69. The molecule has 1 aliphatic heterocycles. The van der Waals surface area contributed by atoms with Crippen LogP contribution in [0.2, 0.25) is 5.02 Å². The molecule has 0 saturated carbocycles. The van der Waals surface area contributed by atoms with E-state index in [0.29, 0.717) is 22.2 Å². The minimum absolute atomic E-state index is 0.209. The highest BCUT2D eigenvalue weighted by molar-refractivity contribution is 9.10. The van der Waals surface area contributed by atoms with E-state index in [-0.39, 0.29) is 5.57 Å². The number of nitrogens with zero attached hydrogens (tertiary/aromatic N) is 1. The van der Waals surface area contributed by atoms with Gasteiger partial charge < -0.3 is 4.42 Å². The van der Waals surface area contributed by atoms with Crippen molar-refractivity contribution in [3.05, 3.63) is 81.5 Å². The van der Waals surface area contributed by atoms with Gasteiger partial charge in [0.15, 0.2) is 0 Å². The second-order valence-corrected chi connectivity index (χ2v) is 7.50. The average Bonchev–Trinajstić information content (AvgIpc) is 3.15. The summed E-state index contributed by atoms with van der Waals surface area (Å²) in [6, 6.07) is 16.2. The Kier molecular flexibility index (Phi) is 5.08. The highest BCUT2D eigenvalue weighted by atomic mass is 79.9. The molecule has 3 aromatic rings. The summed E-state index contributed by atoms with van der Waals surface area (Å²) in [5.74, 6) is -0.691. The molecule has 1 fully saturated rings. The zero-order valence-corrected chi connectivity index (χ0v) is 17.0. The Morgan fingerprint density at radius 1 is 1.00 bits per heavy atom. The molecular formula is C21H12BrClN2O4. The molecule has 1 N–H and O–H groups in total. The normalized spacial score (nSPS) is 15.7. The molecule has 6 nitrogen and oxygen atoms in total. The molecule has 0 atom stereocenters. The number of benzene rings is 2. The maximum Gasteiger partial charge on any atom is 0.335 e. The van der Waals surface area contributed by atoms with Crippen LogP contribution in [0.3, 0.4) is 0 Å². The Labute approximate surface area is 178 Å². The summed E-state index contributed by atoms with van der Waals surface area (Å²) < 4.78 is 6.52. The number of carbonyl (C=O) groups excluding carboxylic acids is 3. The summed E-state index contributed by atoms with van der Waals surface area (Å²) in [4.78, 5) is 38.2. The highest BCUT2D eigenvalue weighted by Gasteiger charge is 2.37. The Hall–Kier alpha value is -3.16. The number of carbonyl (C=O) groups is 3. The third kappa shape index (κ3) is 3.87. The monoisotopic (exact) mass is 470 g/mol. The summed E-state index contributed by atoms with van der Waals surface area (Å²) >= 11 is 9.30. The fourth-order valence-corrected chi connectivity index (χ4v) is 3.31. The first-order chi connectivity index (χ1) is 13.9. The van der Waals surface area contributed by atoms with Gasteiger partial charge in [-0.2, -0.15) is 0 Å². The molecule has 4 amide bonds. The Bertz CT molecular complexity index is 1170. The second-order valence-electron chi connectivity index (χ2n) is 6.15. The van der Waals surface area contributed by atoms with Crippen LogP contribution in [0.25, 0.3) is 17.4 Å². The van der Waals surface area contributed by atoms with E-state index >= 15 is 0 Å². The molecule has 0 aliphatic carbocycles. The van der Waals surface area contributed by atoms with Gasteiger partial charge in [-0.25, -0.2) is 9.69 Å². The minimum atomic E-state index is -0.807. The molecule has 1 aromatic heterocycles. The maximum absolute atomic E-state index is 12.9. The van der Waals surface area contributed by atoms with E-state index in [1.54, 1.807) is 54.6 Å². The van der Waals surface area contributed by atoms with E-state index in [2.05, 4.69) is 21.2 Å². The molecule has 4 rings (SSSR count). The molecule has 0 spiro atoms. The number of rotatable bonds is 3. The summed E-state index contributed by atoms with van der Waals surface area (Å²) in [5.41, 5.74) is 0.890. The molecule has 2 aromatic carbocycles. The molecule has 29 heavy (non-hydrogen) atoms. The van der Waals surface area contributed by atoms with Crippen molar-refractivity contribution in [1.82, 2.24) is 5.32 Å². The molecule has 0 unspecified atom stereocenters. The fraction of sp³-hybridized carbons (Fsp3) is 0. The average molecular weight is 472 g/mol. The molecule has 8 heteroatoms. The van der Waals surface area contributed by atoms with E-state index in [1.807, 2.05) is 6.07 Å². The number of anilines is 1. The molecule has 1 aliphatic rings. The highest BCUT2D eigenvalue weighted by Crippen LogP contribution is 2.27. The van der Waals surface area contributed by atoms with Crippen molar-refractivity contribution in [3.63, 3.8) is 0 Å². The topological polar surface area (TPSA) is 79.6 Å². The van der Waals surface area contributed by atoms with E-state index < -0.39 is 17.8 Å². The number of amides is 4. The molecule has 2 heterocycles. The van der Waals surface area contributed by atoms with Gasteiger partial charge in [-0.3, -0.25) is 14.9 Å². The van der Waals surface area contributed by atoms with Gasteiger partial charge in [0.1, 0.15) is 17.1 Å². The van der Waals surface area contributed by atoms with E-state index in [4.69, 9.17) is 16.0 Å². The standard InChI is InChI=1S/C21H12BrClN2O4/c22-13-4-6-15(7-5-13)25-20(27)17(19(26)24-21(25)28)11-16-8-9-18(29-16)12-2-1-3-14(23)10-12/h1-11H,(H,24,26,28). The first-order valence-electron chi connectivity index (χ1n) is 8.45. The van der Waals surface area contributed by atoms with Crippen molar-refractivity contribution in [1.29, 1.82) is 0 Å². The fourth-order valence-electron chi connectivity index (χ4n) is 2.85. The van der Waals surface area contributed by atoms with E-state index in [0.717, 1.165) is 14.9 Å². The number of urea groups is 1. The van der Waals surface area contributed by atoms with Gasteiger partial charge in [-0.05, 0) is 54.6 Å². The van der Waals surface area contributed by atoms with Crippen LogP contribution >= 0.6 is 27.5 Å². The zero-order chi connectivity index (χ0) is 20.5. The minimum Gasteiger partial charge on any atom is -0.457 e. The maximum atomic E-state index is 12.9. The first kappa shape index (κ1) is 19.2. The van der Waals surface area contributed by atoms with Crippen LogP contribution in [0.5, 0.6) is 0 Å². The lowest BCUT2D eigenvalue weighted by Crippen LogP contribution is -2.54. The number of halogens is 2. The van der Waals surface area contributed by atoms with Crippen molar-refractivity contribution in [2.24, 2.45) is 0 Å². The van der Waals surface area contributed by atoms with Crippen molar-refractivity contribution < 1.29 is 18.8 Å². The Balaban J connectivity index is 1.67. The Morgan fingerprint density at radius 3 is 2.48 bits per heavy atom. The predicted octanol–water partition coefficient (Wildman–Crippen LogP) is 5.03. The summed E-state index contributed by atoms with van der Waals surface area (Å²) in [7, 11) is 0. The number of hydrogen-bond acceptors (Lipinski definition) is 4. The van der Waals surface area contributed by atoms with Crippen LogP contribution in [0.1, 0.15) is 5.76 Å². The summed E-state index contributed by atoms with van der Waals surface area (Å²) in [5, 5.41) is 2.74. The number of furan rings is 1. The van der Waals surface area contributed by atoms with Gasteiger partial charge in [-0.1, -0.05) is 39.7 Å². The van der Waals surface area contributed by atoms with Gasteiger partial charge in [-0.15, -0.1) is 0 Å². The van der Waals surface area contributed by atoms with Crippen molar-refractivity contribution >= 4 is 57.1 Å². The largest absolute Gasteiger partial charge is 0.457 e. The van der Waals surface area contributed by atoms with Crippen LogP contribution in [0.4, 0.5) is 10.5 Å². The van der Waals surface area contributed by atoms with Crippen molar-refractivity contribution in [3.8, 4) is 11.3 Å². The molecule has 0 bridgehead atoms. The quantitative estimate of drug-likeness (QED) is 0.429. The zero-order valence-electron chi connectivity index (χ0n) is 14.7.